The standard InChI is InChI=1S/C15H21BrN2O/c1-10-3-8-13(14(16)9-10)15(19)18(2)12-6-4-11(17)5-7-12/h3,8-9,11-12H,4-7,17H2,1-2H3. The Labute approximate surface area is 123 Å². The molecule has 0 spiro atoms. The van der Waals surface area contributed by atoms with E-state index in [0.717, 1.165) is 41.3 Å². The van der Waals surface area contributed by atoms with Crippen molar-refractivity contribution in [3.63, 3.8) is 0 Å². The minimum atomic E-state index is 0.0901. The summed E-state index contributed by atoms with van der Waals surface area (Å²) in [5, 5.41) is 0. The smallest absolute Gasteiger partial charge is 0.254 e. The molecule has 0 saturated heterocycles. The van der Waals surface area contributed by atoms with Crippen molar-refractivity contribution in [2.24, 2.45) is 5.73 Å². The third-order valence-electron chi connectivity index (χ3n) is 3.96. The summed E-state index contributed by atoms with van der Waals surface area (Å²) in [7, 11) is 1.90. The largest absolute Gasteiger partial charge is 0.339 e. The van der Waals surface area contributed by atoms with Gasteiger partial charge in [-0.2, -0.15) is 0 Å². The van der Waals surface area contributed by atoms with Crippen LogP contribution >= 0.6 is 15.9 Å². The van der Waals surface area contributed by atoms with Crippen LogP contribution in [0, 0.1) is 6.92 Å². The third-order valence-corrected chi connectivity index (χ3v) is 4.62. The second kappa shape index (κ2) is 6.06. The topological polar surface area (TPSA) is 46.3 Å². The number of carbonyl (C=O) groups is 1. The van der Waals surface area contributed by atoms with Crippen molar-refractivity contribution in [1.29, 1.82) is 0 Å². The number of nitrogens with zero attached hydrogens (tertiary/aromatic N) is 1. The van der Waals surface area contributed by atoms with E-state index in [9.17, 15) is 4.79 Å². The fourth-order valence-electron chi connectivity index (χ4n) is 2.64. The normalized spacial score (nSPS) is 23.2. The average Bonchev–Trinajstić information content (AvgIpc) is 2.38. The van der Waals surface area contributed by atoms with E-state index in [2.05, 4.69) is 15.9 Å². The van der Waals surface area contributed by atoms with Gasteiger partial charge in [0.25, 0.3) is 5.91 Å². The van der Waals surface area contributed by atoms with Crippen LogP contribution in [-0.2, 0) is 0 Å². The first-order valence-corrected chi connectivity index (χ1v) is 7.57. The van der Waals surface area contributed by atoms with Crippen molar-refractivity contribution >= 4 is 21.8 Å². The van der Waals surface area contributed by atoms with Gasteiger partial charge in [0.05, 0.1) is 5.56 Å². The molecule has 0 radical (unpaired) electrons. The number of nitrogens with two attached hydrogens (primary N) is 1. The molecule has 0 aromatic heterocycles. The highest BCUT2D eigenvalue weighted by Gasteiger charge is 2.26. The van der Waals surface area contributed by atoms with Crippen molar-refractivity contribution in [2.75, 3.05) is 7.05 Å². The molecule has 4 heteroatoms. The number of hydrogen-bond donors (Lipinski definition) is 1. The fraction of sp³-hybridized carbons (Fsp3) is 0.533. The van der Waals surface area contributed by atoms with Crippen molar-refractivity contribution in [2.45, 2.75) is 44.7 Å². The molecule has 1 fully saturated rings. The summed E-state index contributed by atoms with van der Waals surface area (Å²) in [6.07, 6.45) is 4.04. The molecular formula is C15H21BrN2O. The molecule has 1 aromatic carbocycles. The second-order valence-corrected chi connectivity index (χ2v) is 6.32. The van der Waals surface area contributed by atoms with Crippen LogP contribution in [0.15, 0.2) is 22.7 Å². The van der Waals surface area contributed by atoms with E-state index < -0.39 is 0 Å². The Kier molecular flexibility index (Phi) is 4.63. The summed E-state index contributed by atoms with van der Waals surface area (Å²) in [6.45, 7) is 2.02. The summed E-state index contributed by atoms with van der Waals surface area (Å²) in [4.78, 5) is 14.4. The van der Waals surface area contributed by atoms with Crippen molar-refractivity contribution in [3.8, 4) is 0 Å². The van der Waals surface area contributed by atoms with E-state index in [4.69, 9.17) is 5.73 Å². The molecule has 104 valence electrons. The Morgan fingerprint density at radius 1 is 1.32 bits per heavy atom. The zero-order chi connectivity index (χ0) is 14.0. The molecule has 2 rings (SSSR count). The van der Waals surface area contributed by atoms with Crippen molar-refractivity contribution < 1.29 is 4.79 Å². The predicted octanol–water partition coefficient (Wildman–Crippen LogP) is 3.10. The Hall–Kier alpha value is -0.870. The maximum absolute atomic E-state index is 12.5. The van der Waals surface area contributed by atoms with E-state index in [1.54, 1.807) is 0 Å². The predicted molar refractivity (Wildman–Crippen MR) is 81.2 cm³/mol. The molecule has 1 aliphatic rings. The zero-order valence-corrected chi connectivity index (χ0v) is 13.1. The first kappa shape index (κ1) is 14.5. The van der Waals surface area contributed by atoms with Gasteiger partial charge in [0.1, 0.15) is 0 Å². The Bertz CT molecular complexity index is 467. The highest BCUT2D eigenvalue weighted by Crippen LogP contribution is 2.25. The molecule has 19 heavy (non-hydrogen) atoms. The number of benzene rings is 1. The maximum Gasteiger partial charge on any atom is 0.254 e. The lowest BCUT2D eigenvalue weighted by atomic mass is 9.90. The third kappa shape index (κ3) is 3.37. The minimum absolute atomic E-state index is 0.0901. The number of aryl methyl sites for hydroxylation is 1. The lowest BCUT2D eigenvalue weighted by Crippen LogP contribution is -2.41. The van der Waals surface area contributed by atoms with Crippen LogP contribution in [0.2, 0.25) is 0 Å². The molecule has 1 saturated carbocycles. The molecule has 1 amide bonds. The number of rotatable bonds is 2. The molecule has 1 aromatic rings. The van der Waals surface area contributed by atoms with Gasteiger partial charge in [-0.1, -0.05) is 6.07 Å². The lowest BCUT2D eigenvalue weighted by molar-refractivity contribution is 0.0689. The van der Waals surface area contributed by atoms with E-state index >= 15 is 0 Å². The molecule has 0 heterocycles. The monoisotopic (exact) mass is 324 g/mol. The average molecular weight is 325 g/mol. The van der Waals surface area contributed by atoms with Gasteiger partial charge < -0.3 is 10.6 Å². The van der Waals surface area contributed by atoms with Gasteiger partial charge in [-0.25, -0.2) is 0 Å². The fourth-order valence-corrected chi connectivity index (χ4v) is 3.30. The number of amides is 1. The Balaban J connectivity index is 2.10. The quantitative estimate of drug-likeness (QED) is 0.908. The van der Waals surface area contributed by atoms with Gasteiger partial charge >= 0.3 is 0 Å². The molecular weight excluding hydrogens is 304 g/mol. The first-order chi connectivity index (χ1) is 8.99. The van der Waals surface area contributed by atoms with Gasteiger partial charge in [-0.3, -0.25) is 4.79 Å². The Morgan fingerprint density at radius 2 is 1.95 bits per heavy atom. The summed E-state index contributed by atoms with van der Waals surface area (Å²) in [6, 6.07) is 6.49. The lowest BCUT2D eigenvalue weighted by Gasteiger charge is -2.33. The van der Waals surface area contributed by atoms with E-state index in [-0.39, 0.29) is 5.91 Å². The molecule has 2 N–H and O–H groups in total. The summed E-state index contributed by atoms with van der Waals surface area (Å²) >= 11 is 3.48. The van der Waals surface area contributed by atoms with Gasteiger partial charge in [-0.15, -0.1) is 0 Å². The highest BCUT2D eigenvalue weighted by atomic mass is 79.9. The van der Waals surface area contributed by atoms with E-state index in [0.29, 0.717) is 12.1 Å². The van der Waals surface area contributed by atoms with E-state index in [1.165, 1.54) is 0 Å². The molecule has 0 bridgehead atoms. The SMILES string of the molecule is Cc1ccc(C(=O)N(C)C2CCC(N)CC2)c(Br)c1. The van der Waals surface area contributed by atoms with Crippen LogP contribution < -0.4 is 5.73 Å². The van der Waals surface area contributed by atoms with Gasteiger partial charge in [-0.05, 0) is 66.2 Å². The summed E-state index contributed by atoms with van der Waals surface area (Å²) < 4.78 is 0.872. The first-order valence-electron chi connectivity index (χ1n) is 6.78. The number of hydrogen-bond acceptors (Lipinski definition) is 2. The van der Waals surface area contributed by atoms with Gasteiger partial charge in [0.2, 0.25) is 0 Å². The number of halogens is 1. The molecule has 3 nitrogen and oxygen atoms in total. The van der Waals surface area contributed by atoms with Crippen LogP contribution in [-0.4, -0.2) is 29.9 Å². The molecule has 0 unspecified atom stereocenters. The van der Waals surface area contributed by atoms with Crippen LogP contribution in [0.1, 0.15) is 41.6 Å². The van der Waals surface area contributed by atoms with Crippen LogP contribution in [0.3, 0.4) is 0 Å². The van der Waals surface area contributed by atoms with Crippen LogP contribution in [0.5, 0.6) is 0 Å². The number of carbonyl (C=O) groups excluding carboxylic acids is 1. The molecule has 1 aliphatic carbocycles. The van der Waals surface area contributed by atoms with Crippen LogP contribution in [0.25, 0.3) is 0 Å². The molecule has 0 aliphatic heterocycles. The van der Waals surface area contributed by atoms with Crippen LogP contribution in [0.4, 0.5) is 0 Å². The highest BCUT2D eigenvalue weighted by molar-refractivity contribution is 9.10. The summed E-state index contributed by atoms with van der Waals surface area (Å²) in [5.41, 5.74) is 7.80. The second-order valence-electron chi connectivity index (χ2n) is 5.47. The summed E-state index contributed by atoms with van der Waals surface area (Å²) in [5.74, 6) is 0.0901. The van der Waals surface area contributed by atoms with Crippen molar-refractivity contribution in [3.05, 3.63) is 33.8 Å². The van der Waals surface area contributed by atoms with Gasteiger partial charge in [0.15, 0.2) is 0 Å². The minimum Gasteiger partial charge on any atom is -0.339 e. The van der Waals surface area contributed by atoms with Crippen molar-refractivity contribution in [1.82, 2.24) is 4.90 Å². The van der Waals surface area contributed by atoms with Gasteiger partial charge in [0, 0.05) is 23.6 Å². The Morgan fingerprint density at radius 3 is 2.53 bits per heavy atom. The van der Waals surface area contributed by atoms with E-state index in [1.807, 2.05) is 37.1 Å². The zero-order valence-electron chi connectivity index (χ0n) is 11.5. The maximum atomic E-state index is 12.5. The molecule has 0 atom stereocenters.